The number of ether oxygens (including phenoxy) is 2. The molecule has 1 heterocycles. The van der Waals surface area contributed by atoms with Gasteiger partial charge in [-0.2, -0.15) is 0 Å². The smallest absolute Gasteiger partial charge is 0.265 e. The normalized spacial score (nSPS) is 13.4. The molecule has 7 nitrogen and oxygen atoms in total. The fourth-order valence-electron chi connectivity index (χ4n) is 3.27. The predicted molar refractivity (Wildman–Crippen MR) is 108 cm³/mol. The molecule has 3 rings (SSSR count). The molecule has 0 radical (unpaired) electrons. The van der Waals surface area contributed by atoms with Crippen LogP contribution in [-0.4, -0.2) is 41.7 Å². The molecular formula is C20H24N2O5S. The highest BCUT2D eigenvalue weighted by Crippen LogP contribution is 2.33. The zero-order chi connectivity index (χ0) is 20.5. The zero-order valence-corrected chi connectivity index (χ0v) is 17.2. The number of anilines is 2. The van der Waals surface area contributed by atoms with E-state index in [0.717, 1.165) is 22.4 Å². The molecule has 0 fully saturated rings. The molecule has 1 N–H and O–H groups in total. The summed E-state index contributed by atoms with van der Waals surface area (Å²) in [7, 11) is -0.898. The van der Waals surface area contributed by atoms with E-state index in [2.05, 4.69) is 4.72 Å². The highest BCUT2D eigenvalue weighted by atomic mass is 32.2. The van der Waals surface area contributed by atoms with Crippen molar-refractivity contribution in [2.75, 3.05) is 37.0 Å². The number of sulfonamides is 1. The molecule has 0 saturated heterocycles. The van der Waals surface area contributed by atoms with Gasteiger partial charge < -0.3 is 14.4 Å². The SMILES string of the molecule is COCC(=O)N1CCc2cc(NS(=O)(=O)c3cc(C)c(C)cc3OC)ccc21. The molecule has 1 amide bonds. The number of fused-ring (bicyclic) bond motifs is 1. The van der Waals surface area contributed by atoms with E-state index in [-0.39, 0.29) is 17.4 Å². The van der Waals surface area contributed by atoms with Crippen LogP contribution in [0, 0.1) is 13.8 Å². The molecule has 8 heteroatoms. The lowest BCUT2D eigenvalue weighted by Gasteiger charge is -2.17. The Labute approximate surface area is 165 Å². The van der Waals surface area contributed by atoms with Gasteiger partial charge in [-0.1, -0.05) is 0 Å². The first kappa shape index (κ1) is 20.2. The largest absolute Gasteiger partial charge is 0.495 e. The van der Waals surface area contributed by atoms with E-state index in [1.165, 1.54) is 14.2 Å². The maximum absolute atomic E-state index is 12.9. The van der Waals surface area contributed by atoms with Crippen LogP contribution >= 0.6 is 0 Å². The van der Waals surface area contributed by atoms with Crippen LogP contribution in [0.4, 0.5) is 11.4 Å². The average Bonchev–Trinajstić information content (AvgIpc) is 3.06. The Hall–Kier alpha value is -2.58. The molecular weight excluding hydrogens is 380 g/mol. The van der Waals surface area contributed by atoms with Gasteiger partial charge in [-0.15, -0.1) is 0 Å². The van der Waals surface area contributed by atoms with Crippen LogP contribution in [0.3, 0.4) is 0 Å². The summed E-state index contributed by atoms with van der Waals surface area (Å²) in [5.41, 5.74) is 3.96. The Morgan fingerprint density at radius 3 is 2.54 bits per heavy atom. The van der Waals surface area contributed by atoms with Gasteiger partial charge in [-0.3, -0.25) is 9.52 Å². The van der Waals surface area contributed by atoms with Crippen molar-refractivity contribution in [1.29, 1.82) is 0 Å². The summed E-state index contributed by atoms with van der Waals surface area (Å²) in [5.74, 6) is 0.183. The molecule has 1 aliphatic rings. The van der Waals surface area contributed by atoms with Crippen LogP contribution in [0.5, 0.6) is 5.75 Å². The van der Waals surface area contributed by atoms with Crippen molar-refractivity contribution < 1.29 is 22.7 Å². The Morgan fingerprint density at radius 2 is 1.86 bits per heavy atom. The number of hydrogen-bond acceptors (Lipinski definition) is 5. The second-order valence-electron chi connectivity index (χ2n) is 6.76. The van der Waals surface area contributed by atoms with E-state index >= 15 is 0 Å². The first-order valence-electron chi connectivity index (χ1n) is 8.87. The van der Waals surface area contributed by atoms with Crippen molar-refractivity contribution in [3.05, 3.63) is 47.0 Å². The number of amides is 1. The lowest BCUT2D eigenvalue weighted by atomic mass is 10.1. The Kier molecular flexibility index (Phi) is 5.62. The third-order valence-electron chi connectivity index (χ3n) is 4.87. The van der Waals surface area contributed by atoms with E-state index in [0.29, 0.717) is 24.4 Å². The highest BCUT2D eigenvalue weighted by Gasteiger charge is 2.26. The van der Waals surface area contributed by atoms with Gasteiger partial charge in [0.05, 0.1) is 7.11 Å². The summed E-state index contributed by atoms with van der Waals surface area (Å²) in [6.07, 6.45) is 0.660. The van der Waals surface area contributed by atoms with Crippen LogP contribution in [0.1, 0.15) is 16.7 Å². The standard InChI is InChI=1S/C20H24N2O5S/c1-13-9-18(27-4)19(10-14(13)2)28(24,25)21-16-5-6-17-15(11-16)7-8-22(17)20(23)12-26-3/h5-6,9-11,21H,7-8,12H2,1-4H3. The molecule has 0 saturated carbocycles. The lowest BCUT2D eigenvalue weighted by Crippen LogP contribution is -2.31. The van der Waals surface area contributed by atoms with E-state index in [9.17, 15) is 13.2 Å². The average molecular weight is 404 g/mol. The minimum absolute atomic E-state index is 0.0143. The van der Waals surface area contributed by atoms with Crippen LogP contribution < -0.4 is 14.4 Å². The molecule has 150 valence electrons. The van der Waals surface area contributed by atoms with Crippen LogP contribution in [0.15, 0.2) is 35.2 Å². The van der Waals surface area contributed by atoms with Gasteiger partial charge in [0.15, 0.2) is 0 Å². The third kappa shape index (κ3) is 3.83. The summed E-state index contributed by atoms with van der Waals surface area (Å²) >= 11 is 0. The molecule has 1 aliphatic heterocycles. The van der Waals surface area contributed by atoms with Gasteiger partial charge in [0.2, 0.25) is 0 Å². The molecule has 28 heavy (non-hydrogen) atoms. The topological polar surface area (TPSA) is 84.9 Å². The van der Waals surface area contributed by atoms with Crippen molar-refractivity contribution in [2.45, 2.75) is 25.2 Å². The van der Waals surface area contributed by atoms with Crippen LogP contribution in [-0.2, 0) is 26.0 Å². The number of methoxy groups -OCH3 is 2. The summed E-state index contributed by atoms with van der Waals surface area (Å²) in [6, 6.07) is 8.50. The Bertz CT molecular complexity index is 1020. The van der Waals surface area contributed by atoms with E-state index in [1.807, 2.05) is 13.8 Å². The van der Waals surface area contributed by atoms with Gasteiger partial charge in [0, 0.05) is 25.0 Å². The van der Waals surface area contributed by atoms with Crippen molar-refractivity contribution >= 4 is 27.3 Å². The first-order valence-corrected chi connectivity index (χ1v) is 10.4. The predicted octanol–water partition coefficient (Wildman–Crippen LogP) is 2.65. The number of aryl methyl sites for hydroxylation is 2. The lowest BCUT2D eigenvalue weighted by molar-refractivity contribution is -0.122. The molecule has 0 bridgehead atoms. The summed E-state index contributed by atoms with van der Waals surface area (Å²) in [5, 5.41) is 0. The van der Waals surface area contributed by atoms with Gasteiger partial charge >= 0.3 is 0 Å². The molecule has 0 aliphatic carbocycles. The fourth-order valence-corrected chi connectivity index (χ4v) is 4.55. The minimum atomic E-state index is -3.83. The first-order chi connectivity index (χ1) is 13.3. The molecule has 0 unspecified atom stereocenters. The number of hydrogen-bond donors (Lipinski definition) is 1. The number of benzene rings is 2. The Morgan fingerprint density at radius 1 is 1.14 bits per heavy atom. The Balaban J connectivity index is 1.89. The monoisotopic (exact) mass is 404 g/mol. The number of carbonyl (C=O) groups excluding carboxylic acids is 1. The van der Waals surface area contributed by atoms with Crippen molar-refractivity contribution in [2.24, 2.45) is 0 Å². The molecule has 0 atom stereocenters. The number of rotatable bonds is 6. The number of nitrogens with zero attached hydrogens (tertiary/aromatic N) is 1. The van der Waals surface area contributed by atoms with Crippen molar-refractivity contribution in [3.63, 3.8) is 0 Å². The van der Waals surface area contributed by atoms with E-state index in [1.54, 1.807) is 35.2 Å². The van der Waals surface area contributed by atoms with E-state index < -0.39 is 10.0 Å². The molecule has 2 aromatic rings. The molecule has 0 aromatic heterocycles. The minimum Gasteiger partial charge on any atom is -0.495 e. The fraction of sp³-hybridized carbons (Fsp3) is 0.350. The van der Waals surface area contributed by atoms with Gasteiger partial charge in [0.25, 0.3) is 15.9 Å². The highest BCUT2D eigenvalue weighted by molar-refractivity contribution is 7.92. The maximum atomic E-state index is 12.9. The number of nitrogens with one attached hydrogen (secondary N) is 1. The zero-order valence-electron chi connectivity index (χ0n) is 16.4. The summed E-state index contributed by atoms with van der Waals surface area (Å²) in [4.78, 5) is 13.9. The quantitative estimate of drug-likeness (QED) is 0.800. The summed E-state index contributed by atoms with van der Waals surface area (Å²) in [6.45, 7) is 4.33. The summed E-state index contributed by atoms with van der Waals surface area (Å²) < 4.78 is 38.7. The third-order valence-corrected chi connectivity index (χ3v) is 6.27. The van der Waals surface area contributed by atoms with Gasteiger partial charge in [-0.25, -0.2) is 8.42 Å². The number of carbonyl (C=O) groups is 1. The molecule has 0 spiro atoms. The van der Waals surface area contributed by atoms with Crippen LogP contribution in [0.25, 0.3) is 0 Å². The van der Waals surface area contributed by atoms with Crippen molar-refractivity contribution in [3.8, 4) is 5.75 Å². The second-order valence-corrected chi connectivity index (χ2v) is 8.42. The van der Waals surface area contributed by atoms with E-state index in [4.69, 9.17) is 9.47 Å². The molecule has 2 aromatic carbocycles. The van der Waals surface area contributed by atoms with Crippen LogP contribution in [0.2, 0.25) is 0 Å². The second kappa shape index (κ2) is 7.81. The van der Waals surface area contributed by atoms with Gasteiger partial charge in [0.1, 0.15) is 17.3 Å². The maximum Gasteiger partial charge on any atom is 0.265 e. The van der Waals surface area contributed by atoms with Crippen molar-refractivity contribution in [1.82, 2.24) is 0 Å². The van der Waals surface area contributed by atoms with Gasteiger partial charge in [-0.05, 0) is 67.3 Å².